The number of carbonyl (C=O) groups is 1. The summed E-state index contributed by atoms with van der Waals surface area (Å²) in [6, 6.07) is 12.1. The zero-order valence-corrected chi connectivity index (χ0v) is 16.1. The number of nitrogens with zero attached hydrogens (tertiary/aromatic N) is 3. The molecule has 5 nitrogen and oxygen atoms in total. The van der Waals surface area contributed by atoms with Crippen molar-refractivity contribution in [2.24, 2.45) is 0 Å². The molecular formula is C20H18ClF3N4O. The number of aromatic amines is 1. The summed E-state index contributed by atoms with van der Waals surface area (Å²) in [4.78, 5) is 22.5. The van der Waals surface area contributed by atoms with E-state index in [2.05, 4.69) is 14.9 Å². The zero-order chi connectivity index (χ0) is 20.6. The first-order valence-corrected chi connectivity index (χ1v) is 9.50. The number of H-pyrrole nitrogens is 1. The van der Waals surface area contributed by atoms with Crippen LogP contribution in [0.5, 0.6) is 0 Å². The number of nitrogens with one attached hydrogen (secondary N) is 1. The van der Waals surface area contributed by atoms with Gasteiger partial charge in [0.15, 0.2) is 0 Å². The molecule has 0 saturated carbocycles. The maximum atomic E-state index is 12.8. The van der Waals surface area contributed by atoms with Gasteiger partial charge in [0, 0.05) is 43.3 Å². The summed E-state index contributed by atoms with van der Waals surface area (Å²) < 4.78 is 38.4. The summed E-state index contributed by atoms with van der Waals surface area (Å²) in [7, 11) is 0. The Bertz CT molecular complexity index is 1020. The lowest BCUT2D eigenvalue weighted by Crippen LogP contribution is -2.48. The largest absolute Gasteiger partial charge is 0.449 e. The molecule has 2 heterocycles. The van der Waals surface area contributed by atoms with Crippen LogP contribution in [0.4, 0.5) is 13.2 Å². The minimum Gasteiger partial charge on any atom is -0.336 e. The zero-order valence-electron chi connectivity index (χ0n) is 15.3. The number of rotatable bonds is 3. The third kappa shape index (κ3) is 4.38. The second-order valence-corrected chi connectivity index (χ2v) is 7.45. The van der Waals surface area contributed by atoms with E-state index < -0.39 is 12.0 Å². The van der Waals surface area contributed by atoms with Gasteiger partial charge in [0.25, 0.3) is 5.91 Å². The van der Waals surface area contributed by atoms with Crippen molar-refractivity contribution < 1.29 is 18.0 Å². The number of aromatic nitrogens is 2. The first-order valence-electron chi connectivity index (χ1n) is 9.12. The van der Waals surface area contributed by atoms with Crippen molar-refractivity contribution in [2.75, 3.05) is 26.2 Å². The molecule has 1 amide bonds. The van der Waals surface area contributed by atoms with Gasteiger partial charge >= 0.3 is 6.18 Å². The molecule has 0 spiro atoms. The molecule has 0 radical (unpaired) electrons. The van der Waals surface area contributed by atoms with Gasteiger partial charge in [-0.2, -0.15) is 13.2 Å². The van der Waals surface area contributed by atoms with Crippen LogP contribution in [0.2, 0.25) is 5.02 Å². The maximum Gasteiger partial charge on any atom is 0.449 e. The van der Waals surface area contributed by atoms with Crippen molar-refractivity contribution in [3.63, 3.8) is 0 Å². The van der Waals surface area contributed by atoms with Gasteiger partial charge in [-0.15, -0.1) is 0 Å². The van der Waals surface area contributed by atoms with Gasteiger partial charge in [0.2, 0.25) is 5.82 Å². The number of piperazine rings is 1. The van der Waals surface area contributed by atoms with E-state index in [4.69, 9.17) is 11.6 Å². The Morgan fingerprint density at radius 3 is 2.41 bits per heavy atom. The van der Waals surface area contributed by atoms with Crippen LogP contribution in [-0.2, 0) is 12.7 Å². The topological polar surface area (TPSA) is 52.2 Å². The van der Waals surface area contributed by atoms with Crippen molar-refractivity contribution in [1.29, 1.82) is 0 Å². The Morgan fingerprint density at radius 2 is 1.76 bits per heavy atom. The van der Waals surface area contributed by atoms with Gasteiger partial charge in [-0.05, 0) is 35.9 Å². The average Bonchev–Trinajstić information content (AvgIpc) is 3.14. The summed E-state index contributed by atoms with van der Waals surface area (Å²) in [5.41, 5.74) is 1.88. The van der Waals surface area contributed by atoms with E-state index in [0.717, 1.165) is 25.2 Å². The van der Waals surface area contributed by atoms with Crippen LogP contribution in [0.1, 0.15) is 21.7 Å². The number of fused-ring (bicyclic) bond motifs is 1. The fourth-order valence-electron chi connectivity index (χ4n) is 3.42. The molecule has 2 aromatic carbocycles. The van der Waals surface area contributed by atoms with E-state index in [1.165, 1.54) is 18.2 Å². The molecule has 9 heteroatoms. The molecule has 3 aromatic rings. The first kappa shape index (κ1) is 19.7. The monoisotopic (exact) mass is 422 g/mol. The van der Waals surface area contributed by atoms with Crippen molar-refractivity contribution >= 4 is 28.5 Å². The number of alkyl halides is 3. The number of imidazole rings is 1. The molecule has 152 valence electrons. The summed E-state index contributed by atoms with van der Waals surface area (Å²) in [6.07, 6.45) is -4.55. The highest BCUT2D eigenvalue weighted by Crippen LogP contribution is 2.29. The first-order chi connectivity index (χ1) is 13.8. The predicted octanol–water partition coefficient (Wildman–Crippen LogP) is 4.19. The normalized spacial score (nSPS) is 15.8. The lowest BCUT2D eigenvalue weighted by Gasteiger charge is -2.34. The maximum absolute atomic E-state index is 12.8. The average molecular weight is 423 g/mol. The van der Waals surface area contributed by atoms with Crippen LogP contribution in [0, 0.1) is 0 Å². The third-order valence-corrected chi connectivity index (χ3v) is 5.23. The molecular weight excluding hydrogens is 405 g/mol. The predicted molar refractivity (Wildman–Crippen MR) is 104 cm³/mol. The molecule has 1 fully saturated rings. The van der Waals surface area contributed by atoms with Gasteiger partial charge in [0.1, 0.15) is 0 Å². The van der Waals surface area contributed by atoms with Crippen molar-refractivity contribution in [1.82, 2.24) is 19.8 Å². The van der Waals surface area contributed by atoms with Crippen LogP contribution in [-0.4, -0.2) is 51.9 Å². The number of halogens is 4. The number of carbonyl (C=O) groups excluding carboxylic acids is 1. The van der Waals surface area contributed by atoms with E-state index in [0.29, 0.717) is 23.7 Å². The van der Waals surface area contributed by atoms with Crippen LogP contribution in [0.25, 0.3) is 11.0 Å². The Kier molecular flexibility index (Phi) is 5.23. The van der Waals surface area contributed by atoms with Gasteiger partial charge in [-0.1, -0.05) is 23.7 Å². The quantitative estimate of drug-likeness (QED) is 0.688. The third-order valence-electron chi connectivity index (χ3n) is 4.98. The molecule has 29 heavy (non-hydrogen) atoms. The van der Waals surface area contributed by atoms with E-state index in [1.807, 2.05) is 24.3 Å². The standard InChI is InChI=1S/C20H18ClF3N4O/c21-15-4-1-13(2-5-15)12-27-7-9-28(10-8-27)18(29)14-3-6-16-17(11-14)26-19(25-16)20(22,23)24/h1-6,11H,7-10,12H2,(H,25,26). The van der Waals surface area contributed by atoms with Gasteiger partial charge < -0.3 is 9.88 Å². The number of benzene rings is 2. The van der Waals surface area contributed by atoms with Crippen LogP contribution < -0.4 is 0 Å². The van der Waals surface area contributed by atoms with Crippen LogP contribution in [0.15, 0.2) is 42.5 Å². The minimum atomic E-state index is -4.55. The van der Waals surface area contributed by atoms with E-state index in [1.54, 1.807) is 4.90 Å². The number of hydrogen-bond donors (Lipinski definition) is 1. The molecule has 1 aliphatic rings. The molecule has 1 aliphatic heterocycles. The smallest absolute Gasteiger partial charge is 0.336 e. The lowest BCUT2D eigenvalue weighted by atomic mass is 10.1. The highest BCUT2D eigenvalue weighted by molar-refractivity contribution is 6.30. The molecule has 1 aromatic heterocycles. The Hall–Kier alpha value is -2.58. The summed E-state index contributed by atoms with van der Waals surface area (Å²) in [5.74, 6) is -1.26. The van der Waals surface area contributed by atoms with Crippen molar-refractivity contribution in [3.8, 4) is 0 Å². The molecule has 0 aliphatic carbocycles. The Morgan fingerprint density at radius 1 is 1.07 bits per heavy atom. The Balaban J connectivity index is 1.40. The second kappa shape index (κ2) is 7.68. The van der Waals surface area contributed by atoms with Gasteiger partial charge in [0.05, 0.1) is 11.0 Å². The Labute approximate surface area is 170 Å². The molecule has 0 atom stereocenters. The fourth-order valence-corrected chi connectivity index (χ4v) is 3.54. The number of amides is 1. The SMILES string of the molecule is O=C(c1ccc2nc(C(F)(F)F)[nH]c2c1)N1CCN(Cc2ccc(Cl)cc2)CC1. The fraction of sp³-hybridized carbons (Fsp3) is 0.300. The highest BCUT2D eigenvalue weighted by Gasteiger charge is 2.34. The van der Waals surface area contributed by atoms with Crippen LogP contribution >= 0.6 is 11.6 Å². The minimum absolute atomic E-state index is 0.182. The van der Waals surface area contributed by atoms with Crippen molar-refractivity contribution in [3.05, 3.63) is 64.4 Å². The number of hydrogen-bond acceptors (Lipinski definition) is 3. The molecule has 0 unspecified atom stereocenters. The van der Waals surface area contributed by atoms with Gasteiger partial charge in [-0.3, -0.25) is 9.69 Å². The summed E-state index contributed by atoms with van der Waals surface area (Å²) in [5, 5.41) is 0.695. The molecule has 4 rings (SSSR count). The van der Waals surface area contributed by atoms with E-state index in [-0.39, 0.29) is 16.9 Å². The van der Waals surface area contributed by atoms with Crippen molar-refractivity contribution in [2.45, 2.75) is 12.7 Å². The van der Waals surface area contributed by atoms with E-state index >= 15 is 0 Å². The van der Waals surface area contributed by atoms with Gasteiger partial charge in [-0.25, -0.2) is 4.98 Å². The van der Waals surface area contributed by atoms with Crippen LogP contribution in [0.3, 0.4) is 0 Å². The summed E-state index contributed by atoms with van der Waals surface area (Å²) in [6.45, 7) is 3.33. The second-order valence-electron chi connectivity index (χ2n) is 7.01. The highest BCUT2D eigenvalue weighted by atomic mass is 35.5. The lowest BCUT2D eigenvalue weighted by molar-refractivity contribution is -0.144. The summed E-state index contributed by atoms with van der Waals surface area (Å²) >= 11 is 5.91. The molecule has 1 N–H and O–H groups in total. The van der Waals surface area contributed by atoms with E-state index in [9.17, 15) is 18.0 Å². The molecule has 1 saturated heterocycles. The molecule has 0 bridgehead atoms.